The highest BCUT2D eigenvalue weighted by atomic mass is 16.5. The highest BCUT2D eigenvalue weighted by Crippen LogP contribution is 2.29. The molecule has 8 nitrogen and oxygen atoms in total. The van der Waals surface area contributed by atoms with E-state index in [1.807, 2.05) is 11.1 Å². The number of hydrogen-bond acceptors (Lipinski definition) is 5. The highest BCUT2D eigenvalue weighted by molar-refractivity contribution is 5.93. The van der Waals surface area contributed by atoms with E-state index in [0.717, 1.165) is 12.8 Å². The maximum absolute atomic E-state index is 12.9. The fraction of sp³-hybridized carbons (Fsp3) is 0.529. The van der Waals surface area contributed by atoms with Gasteiger partial charge in [-0.2, -0.15) is 0 Å². The Bertz CT molecular complexity index is 771. The maximum Gasteiger partial charge on any atom is 0.274 e. The van der Waals surface area contributed by atoms with Gasteiger partial charge < -0.3 is 14.5 Å². The van der Waals surface area contributed by atoms with E-state index in [-0.39, 0.29) is 23.8 Å². The standard InChI is InChI=1S/C17H21N5O3/c1-25-8-7-22-13-4-3-12(15(22)23)9-21(10-13)16(24)14-11-20-6-2-5-18-17(20)19-14/h2,5-6,11-13H,3-4,7-10H2,1H3/t12-,13+/m1/s1. The van der Waals surface area contributed by atoms with E-state index in [9.17, 15) is 9.59 Å². The van der Waals surface area contributed by atoms with Gasteiger partial charge in [0.1, 0.15) is 5.69 Å². The van der Waals surface area contributed by atoms with Crippen molar-refractivity contribution >= 4 is 17.6 Å². The van der Waals surface area contributed by atoms with E-state index < -0.39 is 0 Å². The van der Waals surface area contributed by atoms with Crippen LogP contribution in [0.3, 0.4) is 0 Å². The summed E-state index contributed by atoms with van der Waals surface area (Å²) in [5.41, 5.74) is 0.371. The second kappa shape index (κ2) is 6.44. The minimum Gasteiger partial charge on any atom is -0.383 e. The van der Waals surface area contributed by atoms with Crippen LogP contribution in [0.15, 0.2) is 24.7 Å². The van der Waals surface area contributed by atoms with Gasteiger partial charge in [-0.1, -0.05) is 0 Å². The van der Waals surface area contributed by atoms with Gasteiger partial charge in [0.15, 0.2) is 0 Å². The van der Waals surface area contributed by atoms with E-state index in [0.29, 0.717) is 37.7 Å². The number of fused-ring (bicyclic) bond motifs is 5. The summed E-state index contributed by atoms with van der Waals surface area (Å²) in [6.45, 7) is 2.10. The number of amides is 2. The molecule has 0 spiro atoms. The first-order valence-corrected chi connectivity index (χ1v) is 8.56. The topological polar surface area (TPSA) is 80.0 Å². The molecule has 0 unspecified atom stereocenters. The third-order valence-electron chi connectivity index (χ3n) is 5.07. The largest absolute Gasteiger partial charge is 0.383 e. The highest BCUT2D eigenvalue weighted by Gasteiger charge is 2.42. The van der Waals surface area contributed by atoms with Gasteiger partial charge >= 0.3 is 0 Å². The van der Waals surface area contributed by atoms with Crippen molar-refractivity contribution in [1.82, 2.24) is 24.2 Å². The molecule has 2 amide bonds. The van der Waals surface area contributed by atoms with E-state index >= 15 is 0 Å². The van der Waals surface area contributed by atoms with Gasteiger partial charge in [0.2, 0.25) is 11.7 Å². The zero-order valence-corrected chi connectivity index (χ0v) is 14.2. The van der Waals surface area contributed by atoms with Gasteiger partial charge in [0.25, 0.3) is 5.91 Å². The molecule has 132 valence electrons. The van der Waals surface area contributed by atoms with Crippen LogP contribution in [0.5, 0.6) is 0 Å². The zero-order chi connectivity index (χ0) is 17.4. The van der Waals surface area contributed by atoms with Crippen LogP contribution in [0.1, 0.15) is 23.3 Å². The number of imidazole rings is 1. The smallest absolute Gasteiger partial charge is 0.274 e. The summed E-state index contributed by atoms with van der Waals surface area (Å²) in [6, 6.07) is 1.85. The Morgan fingerprint density at radius 3 is 3.04 bits per heavy atom. The number of rotatable bonds is 4. The second-order valence-corrected chi connectivity index (χ2v) is 6.62. The molecule has 2 atom stereocenters. The molecule has 2 aromatic rings. The third-order valence-corrected chi connectivity index (χ3v) is 5.07. The van der Waals surface area contributed by atoms with Gasteiger partial charge in [-0.05, 0) is 18.9 Å². The first-order valence-electron chi connectivity index (χ1n) is 8.56. The fourth-order valence-corrected chi connectivity index (χ4v) is 3.78. The SMILES string of the molecule is COCCN1C(=O)[C@@H]2CC[C@H]1CN(C(=O)c1cn3cccnc3n1)C2. The lowest BCUT2D eigenvalue weighted by atomic mass is 9.94. The van der Waals surface area contributed by atoms with Crippen molar-refractivity contribution < 1.29 is 14.3 Å². The second-order valence-electron chi connectivity index (χ2n) is 6.62. The van der Waals surface area contributed by atoms with Crippen molar-refractivity contribution in [3.05, 3.63) is 30.4 Å². The van der Waals surface area contributed by atoms with Crippen LogP contribution in [0.25, 0.3) is 5.78 Å². The molecule has 25 heavy (non-hydrogen) atoms. The molecule has 0 saturated carbocycles. The van der Waals surface area contributed by atoms with Crippen LogP contribution < -0.4 is 0 Å². The molecule has 2 aromatic heterocycles. The van der Waals surface area contributed by atoms with Crippen molar-refractivity contribution in [3.63, 3.8) is 0 Å². The van der Waals surface area contributed by atoms with Crippen LogP contribution in [-0.2, 0) is 9.53 Å². The lowest BCUT2D eigenvalue weighted by Gasteiger charge is -2.35. The van der Waals surface area contributed by atoms with Crippen molar-refractivity contribution in [3.8, 4) is 0 Å². The minimum atomic E-state index is -0.135. The van der Waals surface area contributed by atoms with Gasteiger partial charge in [-0.15, -0.1) is 0 Å². The Morgan fingerprint density at radius 2 is 2.24 bits per heavy atom. The van der Waals surface area contributed by atoms with Crippen LogP contribution in [0, 0.1) is 5.92 Å². The summed E-state index contributed by atoms with van der Waals surface area (Å²) in [4.78, 5) is 37.7. The quantitative estimate of drug-likeness (QED) is 0.805. The lowest BCUT2D eigenvalue weighted by Crippen LogP contribution is -2.49. The van der Waals surface area contributed by atoms with Crippen molar-refractivity contribution in [1.29, 1.82) is 0 Å². The monoisotopic (exact) mass is 343 g/mol. The number of ether oxygens (including phenoxy) is 1. The average Bonchev–Trinajstić information content (AvgIpc) is 2.87. The van der Waals surface area contributed by atoms with E-state index in [2.05, 4.69) is 9.97 Å². The van der Waals surface area contributed by atoms with Crippen LogP contribution in [0.4, 0.5) is 0 Å². The molecule has 2 bridgehead atoms. The van der Waals surface area contributed by atoms with Gasteiger partial charge in [0.05, 0.1) is 12.5 Å². The maximum atomic E-state index is 12.9. The number of aromatic nitrogens is 3. The fourth-order valence-electron chi connectivity index (χ4n) is 3.78. The first kappa shape index (κ1) is 16.0. The van der Waals surface area contributed by atoms with E-state index in [1.54, 1.807) is 34.9 Å². The van der Waals surface area contributed by atoms with E-state index in [4.69, 9.17) is 4.74 Å². The zero-order valence-electron chi connectivity index (χ0n) is 14.2. The molecule has 0 N–H and O–H groups in total. The number of nitrogens with zero attached hydrogens (tertiary/aromatic N) is 5. The Kier molecular flexibility index (Phi) is 4.12. The Labute approximate surface area is 145 Å². The average molecular weight is 343 g/mol. The molecule has 3 fully saturated rings. The van der Waals surface area contributed by atoms with Gasteiger partial charge in [0, 0.05) is 51.4 Å². The molecule has 3 saturated heterocycles. The summed E-state index contributed by atoms with van der Waals surface area (Å²) < 4.78 is 6.86. The summed E-state index contributed by atoms with van der Waals surface area (Å²) in [6.07, 6.45) is 6.92. The van der Waals surface area contributed by atoms with Gasteiger partial charge in [-0.25, -0.2) is 9.97 Å². The molecular weight excluding hydrogens is 322 g/mol. The number of piperidine rings is 1. The number of methoxy groups -OCH3 is 1. The van der Waals surface area contributed by atoms with Crippen molar-refractivity contribution in [2.24, 2.45) is 5.92 Å². The summed E-state index contributed by atoms with van der Waals surface area (Å²) >= 11 is 0. The molecule has 0 radical (unpaired) electrons. The van der Waals surface area contributed by atoms with E-state index in [1.165, 1.54) is 0 Å². The molecule has 8 heteroatoms. The van der Waals surface area contributed by atoms with Crippen molar-refractivity contribution in [2.75, 3.05) is 33.4 Å². The molecule has 0 aromatic carbocycles. The van der Waals surface area contributed by atoms with Crippen LogP contribution >= 0.6 is 0 Å². The molecular formula is C17H21N5O3. The molecule has 3 aliphatic rings. The predicted octanol–water partition coefficient (Wildman–Crippen LogP) is 0.439. The first-order chi connectivity index (χ1) is 12.2. The van der Waals surface area contributed by atoms with Crippen LogP contribution in [-0.4, -0.2) is 75.4 Å². The van der Waals surface area contributed by atoms with Crippen molar-refractivity contribution in [2.45, 2.75) is 18.9 Å². The number of hydrogen-bond donors (Lipinski definition) is 0. The molecule has 3 aliphatic heterocycles. The Morgan fingerprint density at radius 1 is 1.36 bits per heavy atom. The third kappa shape index (κ3) is 2.86. The lowest BCUT2D eigenvalue weighted by molar-refractivity contribution is -0.140. The summed E-state index contributed by atoms with van der Waals surface area (Å²) in [5.74, 6) is 0.375. The molecule has 5 heterocycles. The number of carbonyl (C=O) groups is 2. The minimum absolute atomic E-state index is 0.0560. The summed E-state index contributed by atoms with van der Waals surface area (Å²) in [7, 11) is 1.63. The predicted molar refractivity (Wildman–Crippen MR) is 89.0 cm³/mol. The van der Waals surface area contributed by atoms with Gasteiger partial charge in [-0.3, -0.25) is 14.0 Å². The molecule has 5 rings (SSSR count). The Balaban J connectivity index is 1.57. The molecule has 0 aliphatic carbocycles. The Hall–Kier alpha value is -2.48. The normalized spacial score (nSPS) is 23.3. The summed E-state index contributed by atoms with van der Waals surface area (Å²) in [5, 5.41) is 0. The van der Waals surface area contributed by atoms with Crippen LogP contribution in [0.2, 0.25) is 0 Å². The number of carbonyl (C=O) groups excluding carboxylic acids is 2.